The predicted molar refractivity (Wildman–Crippen MR) is 135 cm³/mol. The molecule has 1 saturated carbocycles. The van der Waals surface area contributed by atoms with Crippen molar-refractivity contribution in [1.82, 2.24) is 0 Å². The van der Waals surface area contributed by atoms with Crippen molar-refractivity contribution in [2.24, 2.45) is 0 Å². The summed E-state index contributed by atoms with van der Waals surface area (Å²) in [5, 5.41) is 31.2. The van der Waals surface area contributed by atoms with E-state index in [0.717, 1.165) is 0 Å². The Bertz CT molecular complexity index is 1030. The Morgan fingerprint density at radius 1 is 0.698 bits per heavy atom. The molecule has 1 fully saturated rings. The second-order valence-corrected chi connectivity index (χ2v) is 13.9. The summed E-state index contributed by atoms with van der Waals surface area (Å²) in [6.07, 6.45) is -18.2. The van der Waals surface area contributed by atoms with Gasteiger partial charge in [0.15, 0.2) is 6.29 Å². The number of aliphatic hydroxyl groups is 3. The molecular formula is C17H36O22P4. The molecule has 0 aromatic rings. The van der Waals surface area contributed by atoms with E-state index in [9.17, 15) is 72.6 Å². The monoisotopic (exact) mass is 716 g/mol. The Morgan fingerprint density at radius 3 is 1.58 bits per heavy atom. The van der Waals surface area contributed by atoms with Gasteiger partial charge in [-0.25, -0.2) is 18.3 Å². The van der Waals surface area contributed by atoms with Gasteiger partial charge in [0.2, 0.25) is 0 Å². The summed E-state index contributed by atoms with van der Waals surface area (Å²) >= 11 is 0. The smallest absolute Gasteiger partial charge is 0.463 e. The number of esters is 1. The highest BCUT2D eigenvalue weighted by Gasteiger charge is 2.58. The van der Waals surface area contributed by atoms with Crippen LogP contribution >= 0.6 is 31.3 Å². The lowest BCUT2D eigenvalue weighted by molar-refractivity contribution is -0.210. The molecule has 1 rings (SSSR count). The number of aliphatic hydroxyl groups excluding tert-OH is 3. The summed E-state index contributed by atoms with van der Waals surface area (Å²) in [5.74, 6) is -0.683. The average molecular weight is 716 g/mol. The van der Waals surface area contributed by atoms with Crippen LogP contribution in [0.25, 0.3) is 0 Å². The number of hydrogen-bond donors (Lipinski definition) is 10. The van der Waals surface area contributed by atoms with Crippen molar-refractivity contribution in [2.75, 3.05) is 13.2 Å². The molecule has 4 unspecified atom stereocenters. The Hall–Kier alpha value is -0.250. The number of rotatable bonds is 19. The minimum Gasteiger partial charge on any atom is -0.463 e. The van der Waals surface area contributed by atoms with E-state index in [1.54, 1.807) is 13.8 Å². The van der Waals surface area contributed by atoms with Crippen molar-refractivity contribution in [3.05, 3.63) is 0 Å². The molecule has 0 spiro atoms. The third-order valence-electron chi connectivity index (χ3n) is 5.22. The molecule has 1 aliphatic rings. The van der Waals surface area contributed by atoms with E-state index in [4.69, 9.17) is 14.0 Å². The second-order valence-electron chi connectivity index (χ2n) is 8.93. The molecule has 256 valence electrons. The normalized spacial score (nSPS) is 28.2. The van der Waals surface area contributed by atoms with E-state index < -0.39 is 99.5 Å². The fraction of sp³-hybridized carbons (Fsp3) is 0.941. The predicted octanol–water partition coefficient (Wildman–Crippen LogP) is -1.50. The largest absolute Gasteiger partial charge is 0.472 e. The van der Waals surface area contributed by atoms with Crippen molar-refractivity contribution in [3.8, 4) is 0 Å². The van der Waals surface area contributed by atoms with Gasteiger partial charge in [0, 0.05) is 6.42 Å². The Balaban J connectivity index is 3.30. The van der Waals surface area contributed by atoms with Gasteiger partial charge in [-0.2, -0.15) is 0 Å². The molecule has 0 aliphatic heterocycles. The van der Waals surface area contributed by atoms with Crippen LogP contribution in [0.3, 0.4) is 0 Å². The summed E-state index contributed by atoms with van der Waals surface area (Å²) in [6, 6.07) is 0. The van der Waals surface area contributed by atoms with Gasteiger partial charge in [-0.3, -0.25) is 27.4 Å². The number of phosphoric acid groups is 4. The molecule has 1 aliphatic carbocycles. The Kier molecular flexibility index (Phi) is 16.2. The van der Waals surface area contributed by atoms with Gasteiger partial charge in [-0.1, -0.05) is 20.3 Å². The van der Waals surface area contributed by atoms with E-state index in [2.05, 4.69) is 18.1 Å². The topological polar surface area (TPSA) is 352 Å². The van der Waals surface area contributed by atoms with Crippen molar-refractivity contribution in [1.29, 1.82) is 0 Å². The standard InChI is InChI=1S/C17H36O22P4/c1-3-5-10(18)33-7-9(35-11(19)6-4-2)8-34-43(31,32)39-14-12(20)15(36-40(22,23)24)17(38-42(28,29)30)16(13(14)21)37-41(25,26)27/h9,11-17,19-21H,3-8H2,1-2H3,(H,31,32)(H2,22,23,24)(H2,25,26,27)(H2,28,29,30)/t9-,11?,12+,13+,14?,15-,16+,17?/m1/s1. The molecule has 0 aromatic heterocycles. The quantitative estimate of drug-likeness (QED) is 0.0413. The number of carbonyl (C=O) groups excluding carboxylic acids is 1. The van der Waals surface area contributed by atoms with Crippen LogP contribution in [0.5, 0.6) is 0 Å². The molecule has 0 saturated heterocycles. The molecule has 0 radical (unpaired) electrons. The maximum Gasteiger partial charge on any atom is 0.472 e. The third kappa shape index (κ3) is 15.7. The van der Waals surface area contributed by atoms with E-state index in [-0.39, 0.29) is 12.8 Å². The number of carbonyl (C=O) groups is 1. The SMILES string of the molecule is CCCC(=O)OC[C@H](COP(=O)(O)OC1[C@H](O)[C@H](OP(=O)(O)O)C(OP(=O)(O)O)[C@H](OP(=O)(O)O)[C@H]1O)OC(O)CCC. The van der Waals surface area contributed by atoms with Gasteiger partial charge in [0.05, 0.1) is 6.61 Å². The maximum atomic E-state index is 12.7. The summed E-state index contributed by atoms with van der Waals surface area (Å²) in [6.45, 7) is 1.83. The highest BCUT2D eigenvalue weighted by molar-refractivity contribution is 7.47. The molecule has 22 nitrogen and oxygen atoms in total. The maximum absolute atomic E-state index is 12.7. The minimum absolute atomic E-state index is 0.00652. The van der Waals surface area contributed by atoms with Gasteiger partial charge in [0.25, 0.3) is 0 Å². The second kappa shape index (κ2) is 17.1. The van der Waals surface area contributed by atoms with Crippen LogP contribution in [0, 0.1) is 0 Å². The van der Waals surface area contributed by atoms with Crippen LogP contribution in [0.4, 0.5) is 0 Å². The van der Waals surface area contributed by atoms with Gasteiger partial charge in [0.1, 0.15) is 49.3 Å². The lowest BCUT2D eigenvalue weighted by atomic mass is 9.85. The highest BCUT2D eigenvalue weighted by atomic mass is 31.2. The number of hydrogen-bond acceptors (Lipinski definition) is 15. The molecule has 9 atom stereocenters. The van der Waals surface area contributed by atoms with Gasteiger partial charge < -0.3 is 59.0 Å². The van der Waals surface area contributed by atoms with Crippen molar-refractivity contribution < 1.29 is 105 Å². The molecule has 10 N–H and O–H groups in total. The molecule has 26 heteroatoms. The van der Waals surface area contributed by atoms with Crippen LogP contribution < -0.4 is 0 Å². The Morgan fingerprint density at radius 2 is 1.16 bits per heavy atom. The minimum atomic E-state index is -5.74. The molecule has 0 amide bonds. The fourth-order valence-corrected chi connectivity index (χ4v) is 6.26. The summed E-state index contributed by atoms with van der Waals surface area (Å²) in [5.41, 5.74) is 0. The first-order valence-corrected chi connectivity index (χ1v) is 18.3. The lowest BCUT2D eigenvalue weighted by Crippen LogP contribution is -2.65. The van der Waals surface area contributed by atoms with E-state index in [1.807, 2.05) is 0 Å². The zero-order valence-corrected chi connectivity index (χ0v) is 26.1. The Labute approximate surface area is 244 Å². The summed E-state index contributed by atoms with van der Waals surface area (Å²) in [4.78, 5) is 77.2. The molecule has 0 aromatic carbocycles. The van der Waals surface area contributed by atoms with Crippen molar-refractivity contribution in [2.45, 2.75) is 88.5 Å². The molecule has 0 bridgehead atoms. The van der Waals surface area contributed by atoms with Gasteiger partial charge in [-0.15, -0.1) is 0 Å². The van der Waals surface area contributed by atoms with Gasteiger partial charge >= 0.3 is 37.3 Å². The zero-order chi connectivity index (χ0) is 33.4. The first-order valence-electron chi connectivity index (χ1n) is 12.2. The van der Waals surface area contributed by atoms with Crippen molar-refractivity contribution in [3.63, 3.8) is 0 Å². The first-order chi connectivity index (χ1) is 19.5. The fourth-order valence-electron chi connectivity index (χ4n) is 3.60. The summed E-state index contributed by atoms with van der Waals surface area (Å²) < 4.78 is 79.5. The molecule has 43 heavy (non-hydrogen) atoms. The number of ether oxygens (including phenoxy) is 2. The van der Waals surface area contributed by atoms with Crippen molar-refractivity contribution >= 4 is 37.3 Å². The molecule has 0 heterocycles. The zero-order valence-electron chi connectivity index (χ0n) is 22.5. The van der Waals surface area contributed by atoms with E-state index in [1.165, 1.54) is 0 Å². The lowest BCUT2D eigenvalue weighted by Gasteiger charge is -2.45. The first kappa shape index (κ1) is 40.8. The van der Waals surface area contributed by atoms with Crippen LogP contribution in [0.2, 0.25) is 0 Å². The van der Waals surface area contributed by atoms with Crippen LogP contribution in [0.1, 0.15) is 39.5 Å². The summed E-state index contributed by atoms with van der Waals surface area (Å²) in [7, 11) is -22.8. The third-order valence-corrected chi connectivity index (χ3v) is 7.76. The van der Waals surface area contributed by atoms with Crippen LogP contribution in [0.15, 0.2) is 0 Å². The highest BCUT2D eigenvalue weighted by Crippen LogP contribution is 2.53. The van der Waals surface area contributed by atoms with Gasteiger partial charge in [-0.05, 0) is 12.8 Å². The average Bonchev–Trinajstić information content (AvgIpc) is 2.82. The van der Waals surface area contributed by atoms with E-state index >= 15 is 0 Å². The van der Waals surface area contributed by atoms with Crippen LogP contribution in [-0.4, -0.2) is 118 Å². The number of phosphoric ester groups is 4. The van der Waals surface area contributed by atoms with E-state index in [0.29, 0.717) is 12.8 Å². The molecular weight excluding hydrogens is 680 g/mol. The van der Waals surface area contributed by atoms with Crippen LogP contribution in [-0.2, 0) is 55.1 Å².